The summed E-state index contributed by atoms with van der Waals surface area (Å²) in [5, 5.41) is 0. The van der Waals surface area contributed by atoms with E-state index in [0.29, 0.717) is 12.0 Å². The molecule has 70 valence electrons. The van der Waals surface area contributed by atoms with Gasteiger partial charge in [0.25, 0.3) is 0 Å². The molecule has 3 heteroatoms. The highest BCUT2D eigenvalue weighted by Gasteiger charge is 2.53. The minimum absolute atomic E-state index is 0. The van der Waals surface area contributed by atoms with Crippen LogP contribution in [-0.2, 0) is 6.42 Å². The lowest BCUT2D eigenvalue weighted by atomic mass is 10.1. The zero-order valence-electron chi connectivity index (χ0n) is 7.03. The summed E-state index contributed by atoms with van der Waals surface area (Å²) >= 11 is 3.57. The monoisotopic (exact) mass is 259 g/mol. The Morgan fingerprint density at radius 1 is 1.38 bits per heavy atom. The van der Waals surface area contributed by atoms with Crippen LogP contribution < -0.4 is 5.73 Å². The Morgan fingerprint density at radius 2 is 2.15 bits per heavy atom. The topological polar surface area (TPSA) is 26.0 Å². The van der Waals surface area contributed by atoms with Gasteiger partial charge in [0.15, 0.2) is 0 Å². The number of rotatable bonds is 0. The molecule has 0 heterocycles. The fraction of sp³-hybridized carbons (Fsp3) is 0.400. The van der Waals surface area contributed by atoms with Crippen molar-refractivity contribution in [3.8, 4) is 0 Å². The fourth-order valence-corrected chi connectivity index (χ4v) is 2.98. The van der Waals surface area contributed by atoms with Crippen molar-refractivity contribution >= 4 is 28.3 Å². The summed E-state index contributed by atoms with van der Waals surface area (Å²) in [6, 6.07) is 6.90. The summed E-state index contributed by atoms with van der Waals surface area (Å²) in [7, 11) is 0. The van der Waals surface area contributed by atoms with Gasteiger partial charge in [-0.2, -0.15) is 0 Å². The first-order valence-corrected chi connectivity index (χ1v) is 5.11. The average Bonchev–Trinajstić information content (AvgIpc) is 2.57. The quantitative estimate of drug-likeness (QED) is 0.762. The van der Waals surface area contributed by atoms with Gasteiger partial charge >= 0.3 is 0 Å². The first-order chi connectivity index (χ1) is 5.79. The zero-order valence-corrected chi connectivity index (χ0v) is 9.44. The zero-order chi connectivity index (χ0) is 8.29. The molecule has 1 fully saturated rings. The summed E-state index contributed by atoms with van der Waals surface area (Å²) < 4.78 is 1.26. The normalized spacial score (nSPS) is 33.2. The molecule has 1 saturated carbocycles. The number of halogens is 2. The Balaban J connectivity index is 0.000000653. The van der Waals surface area contributed by atoms with Gasteiger partial charge in [-0.25, -0.2) is 0 Å². The number of nitrogens with two attached hydrogens (primary N) is 1. The Morgan fingerprint density at radius 3 is 2.92 bits per heavy atom. The van der Waals surface area contributed by atoms with Crippen LogP contribution in [0.15, 0.2) is 22.7 Å². The molecule has 2 aliphatic carbocycles. The van der Waals surface area contributed by atoms with Gasteiger partial charge in [-0.05, 0) is 29.5 Å². The summed E-state index contributed by atoms with van der Waals surface area (Å²) in [5.41, 5.74) is 8.90. The maximum atomic E-state index is 5.92. The van der Waals surface area contributed by atoms with Crippen molar-refractivity contribution in [3.63, 3.8) is 0 Å². The van der Waals surface area contributed by atoms with Gasteiger partial charge in [0.05, 0.1) is 0 Å². The standard InChI is InChI=1S/C10H10BrN.ClH/c11-8-3-1-2-5-6(8)4-7-9(5)10(7)12;/h1-3,7,9-10H,4,12H2;1H. The fourth-order valence-electron chi connectivity index (χ4n) is 2.44. The molecular formula is C10H11BrClN. The van der Waals surface area contributed by atoms with Crippen LogP contribution in [0.1, 0.15) is 17.0 Å². The van der Waals surface area contributed by atoms with Crippen molar-refractivity contribution in [2.75, 3.05) is 0 Å². The number of benzene rings is 1. The van der Waals surface area contributed by atoms with Crippen LogP contribution in [0, 0.1) is 5.92 Å². The number of fused-ring (bicyclic) bond motifs is 3. The maximum absolute atomic E-state index is 5.92. The van der Waals surface area contributed by atoms with E-state index in [-0.39, 0.29) is 12.4 Å². The van der Waals surface area contributed by atoms with Crippen LogP contribution in [0.3, 0.4) is 0 Å². The predicted octanol–water partition coefficient (Wildman–Crippen LogP) is 2.47. The third kappa shape index (κ3) is 1.16. The molecule has 13 heavy (non-hydrogen) atoms. The smallest absolute Gasteiger partial charge is 0.0210 e. The molecule has 1 aromatic rings. The third-order valence-corrected chi connectivity index (χ3v) is 3.93. The molecule has 2 N–H and O–H groups in total. The second-order valence-corrected chi connectivity index (χ2v) is 4.63. The van der Waals surface area contributed by atoms with E-state index in [4.69, 9.17) is 5.73 Å². The lowest BCUT2D eigenvalue weighted by molar-refractivity contribution is 0.799. The van der Waals surface area contributed by atoms with Crippen molar-refractivity contribution in [2.24, 2.45) is 11.7 Å². The lowest BCUT2D eigenvalue weighted by Gasteiger charge is -2.05. The first-order valence-electron chi connectivity index (χ1n) is 4.32. The van der Waals surface area contributed by atoms with Crippen LogP contribution in [0.4, 0.5) is 0 Å². The molecule has 3 atom stereocenters. The Labute approximate surface area is 92.2 Å². The third-order valence-electron chi connectivity index (χ3n) is 3.18. The van der Waals surface area contributed by atoms with Crippen molar-refractivity contribution < 1.29 is 0 Å². The van der Waals surface area contributed by atoms with E-state index >= 15 is 0 Å². The molecule has 0 bridgehead atoms. The van der Waals surface area contributed by atoms with Crippen molar-refractivity contribution in [3.05, 3.63) is 33.8 Å². The van der Waals surface area contributed by atoms with Crippen molar-refractivity contribution in [2.45, 2.75) is 18.4 Å². The SMILES string of the molecule is Cl.NC1C2Cc3c(Br)cccc3C12. The maximum Gasteiger partial charge on any atom is 0.0210 e. The highest BCUT2D eigenvalue weighted by atomic mass is 79.9. The number of hydrogen-bond acceptors (Lipinski definition) is 1. The van der Waals surface area contributed by atoms with E-state index in [1.807, 2.05) is 0 Å². The van der Waals surface area contributed by atoms with Crippen LogP contribution >= 0.6 is 28.3 Å². The van der Waals surface area contributed by atoms with E-state index in [2.05, 4.69) is 34.1 Å². The van der Waals surface area contributed by atoms with E-state index in [1.54, 1.807) is 0 Å². The minimum atomic E-state index is 0. The van der Waals surface area contributed by atoms with Gasteiger partial charge in [-0.15, -0.1) is 12.4 Å². The van der Waals surface area contributed by atoms with Crippen LogP contribution in [-0.4, -0.2) is 6.04 Å². The predicted molar refractivity (Wildman–Crippen MR) is 59.3 cm³/mol. The summed E-state index contributed by atoms with van der Waals surface area (Å²) in [5.74, 6) is 1.43. The Hall–Kier alpha value is -0.0500. The highest BCUT2D eigenvalue weighted by molar-refractivity contribution is 9.10. The molecule has 3 unspecified atom stereocenters. The lowest BCUT2D eigenvalue weighted by Crippen LogP contribution is -2.08. The summed E-state index contributed by atoms with van der Waals surface area (Å²) in [6.07, 6.45) is 1.18. The molecule has 2 aliphatic rings. The molecule has 1 aromatic carbocycles. The molecule has 0 amide bonds. The largest absolute Gasteiger partial charge is 0.327 e. The van der Waals surface area contributed by atoms with Gasteiger partial charge in [0.2, 0.25) is 0 Å². The second kappa shape index (κ2) is 2.97. The van der Waals surface area contributed by atoms with Gasteiger partial charge in [-0.3, -0.25) is 0 Å². The first kappa shape index (κ1) is 9.50. The average molecular weight is 261 g/mol. The van der Waals surface area contributed by atoms with Crippen molar-refractivity contribution in [1.29, 1.82) is 0 Å². The Kier molecular flexibility index (Phi) is 2.17. The Bertz CT molecular complexity index is 353. The molecule has 0 radical (unpaired) electrons. The molecule has 0 spiro atoms. The van der Waals surface area contributed by atoms with Gasteiger partial charge < -0.3 is 5.73 Å². The van der Waals surface area contributed by atoms with Crippen molar-refractivity contribution in [1.82, 2.24) is 0 Å². The molecule has 0 saturated heterocycles. The highest BCUT2D eigenvalue weighted by Crippen LogP contribution is 2.56. The number of hydrogen-bond donors (Lipinski definition) is 1. The van der Waals surface area contributed by atoms with E-state index < -0.39 is 0 Å². The van der Waals surface area contributed by atoms with Gasteiger partial charge in [0.1, 0.15) is 0 Å². The van der Waals surface area contributed by atoms with Crippen LogP contribution in [0.2, 0.25) is 0 Å². The molecule has 0 aromatic heterocycles. The molecule has 1 nitrogen and oxygen atoms in total. The minimum Gasteiger partial charge on any atom is -0.327 e. The van der Waals surface area contributed by atoms with E-state index in [1.165, 1.54) is 22.0 Å². The molecular weight excluding hydrogens is 249 g/mol. The van der Waals surface area contributed by atoms with E-state index in [9.17, 15) is 0 Å². The van der Waals surface area contributed by atoms with Gasteiger partial charge in [-0.1, -0.05) is 28.1 Å². The molecule has 3 rings (SSSR count). The summed E-state index contributed by atoms with van der Waals surface area (Å²) in [6.45, 7) is 0. The second-order valence-electron chi connectivity index (χ2n) is 3.78. The summed E-state index contributed by atoms with van der Waals surface area (Å²) in [4.78, 5) is 0. The molecule has 0 aliphatic heterocycles. The van der Waals surface area contributed by atoms with Crippen LogP contribution in [0.5, 0.6) is 0 Å². The van der Waals surface area contributed by atoms with Crippen LogP contribution in [0.25, 0.3) is 0 Å². The van der Waals surface area contributed by atoms with E-state index in [0.717, 1.165) is 5.92 Å². The van der Waals surface area contributed by atoms with Gasteiger partial charge in [0, 0.05) is 16.4 Å².